The first-order valence-corrected chi connectivity index (χ1v) is 17.8. The van der Waals surface area contributed by atoms with Gasteiger partial charge in [0.2, 0.25) is 23.5 Å². The van der Waals surface area contributed by atoms with Gasteiger partial charge in [0.15, 0.2) is 0 Å². The fraction of sp³-hybridized carbons (Fsp3) is 0.714. The zero-order chi connectivity index (χ0) is 35.0. The SMILES string of the molecule is CCC[C@H](NC(=O)[C@@H]1[C@H]2CCC[C@H]2CN1C(=O)[C@@H](NC(=O)[C@@H](NC(=O)c1cnccn1)C1CCCC1)C(C)C)C(=O)C(=O)N[C@@H](C)CC. The highest BCUT2D eigenvalue weighted by molar-refractivity contribution is 6.38. The number of amides is 5. The minimum atomic E-state index is -1.00. The van der Waals surface area contributed by atoms with Crippen molar-refractivity contribution in [2.75, 3.05) is 6.54 Å². The van der Waals surface area contributed by atoms with E-state index in [1.165, 1.54) is 18.6 Å². The van der Waals surface area contributed by atoms with Gasteiger partial charge >= 0.3 is 0 Å². The summed E-state index contributed by atoms with van der Waals surface area (Å²) in [5, 5.41) is 11.3. The molecule has 1 aromatic heterocycles. The van der Waals surface area contributed by atoms with Crippen LogP contribution in [0.25, 0.3) is 0 Å². The second-order valence-corrected chi connectivity index (χ2v) is 14.1. The molecule has 0 bridgehead atoms. The van der Waals surface area contributed by atoms with Crippen LogP contribution in [0.15, 0.2) is 18.6 Å². The van der Waals surface area contributed by atoms with Gasteiger partial charge in [-0.1, -0.05) is 53.4 Å². The molecule has 48 heavy (non-hydrogen) atoms. The van der Waals surface area contributed by atoms with Gasteiger partial charge in [-0.25, -0.2) is 4.98 Å². The zero-order valence-electron chi connectivity index (χ0n) is 29.0. The van der Waals surface area contributed by atoms with Gasteiger partial charge < -0.3 is 26.2 Å². The van der Waals surface area contributed by atoms with Crippen molar-refractivity contribution in [1.82, 2.24) is 36.1 Å². The predicted octanol–water partition coefficient (Wildman–Crippen LogP) is 2.30. The van der Waals surface area contributed by atoms with Crippen LogP contribution in [-0.4, -0.2) is 86.9 Å². The minimum absolute atomic E-state index is 0.0821. The average Bonchev–Trinajstić information content (AvgIpc) is 3.84. The Bertz CT molecular complexity index is 1320. The normalized spacial score (nSPS) is 23.1. The van der Waals surface area contributed by atoms with E-state index in [4.69, 9.17) is 0 Å². The average molecular weight is 668 g/mol. The number of likely N-dealkylation sites (tertiary alicyclic amines) is 1. The van der Waals surface area contributed by atoms with Gasteiger partial charge in [-0.2, -0.15) is 0 Å². The first-order chi connectivity index (χ1) is 23.0. The molecule has 13 nitrogen and oxygen atoms in total. The van der Waals surface area contributed by atoms with Gasteiger partial charge in [0, 0.05) is 25.0 Å². The Kier molecular flexibility index (Phi) is 13.1. The summed E-state index contributed by atoms with van der Waals surface area (Å²) >= 11 is 0. The van der Waals surface area contributed by atoms with Crippen LogP contribution >= 0.6 is 0 Å². The van der Waals surface area contributed by atoms with E-state index in [2.05, 4.69) is 31.2 Å². The maximum absolute atomic E-state index is 14.4. The monoisotopic (exact) mass is 667 g/mol. The first-order valence-electron chi connectivity index (χ1n) is 17.8. The van der Waals surface area contributed by atoms with Gasteiger partial charge in [0.25, 0.3) is 11.8 Å². The Morgan fingerprint density at radius 1 is 0.896 bits per heavy atom. The van der Waals surface area contributed by atoms with Gasteiger partial charge in [-0.15, -0.1) is 0 Å². The summed E-state index contributed by atoms with van der Waals surface area (Å²) in [4.78, 5) is 90.8. The molecule has 0 radical (unpaired) electrons. The molecule has 2 heterocycles. The smallest absolute Gasteiger partial charge is 0.289 e. The van der Waals surface area contributed by atoms with Crippen molar-refractivity contribution < 1.29 is 28.8 Å². The molecule has 4 N–H and O–H groups in total. The number of carbonyl (C=O) groups excluding carboxylic acids is 6. The van der Waals surface area contributed by atoms with Crippen molar-refractivity contribution in [3.05, 3.63) is 24.3 Å². The van der Waals surface area contributed by atoms with Crippen molar-refractivity contribution in [2.24, 2.45) is 23.7 Å². The molecule has 0 spiro atoms. The summed E-state index contributed by atoms with van der Waals surface area (Å²) in [7, 11) is 0. The van der Waals surface area contributed by atoms with Crippen LogP contribution in [0.2, 0.25) is 0 Å². The van der Waals surface area contributed by atoms with E-state index in [1.807, 2.05) is 34.6 Å². The number of nitrogens with one attached hydrogen (secondary N) is 4. The number of hydrogen-bond donors (Lipinski definition) is 4. The molecule has 0 aromatic carbocycles. The molecule has 13 heteroatoms. The number of hydrogen-bond acceptors (Lipinski definition) is 8. The highest BCUT2D eigenvalue weighted by atomic mass is 16.2. The molecule has 3 fully saturated rings. The van der Waals surface area contributed by atoms with E-state index >= 15 is 0 Å². The van der Waals surface area contributed by atoms with Crippen molar-refractivity contribution >= 4 is 35.3 Å². The number of ketones is 1. The van der Waals surface area contributed by atoms with Crippen LogP contribution in [0.5, 0.6) is 0 Å². The molecule has 1 saturated heterocycles. The van der Waals surface area contributed by atoms with E-state index in [0.29, 0.717) is 25.8 Å². The third kappa shape index (κ3) is 8.76. The Balaban J connectivity index is 1.53. The molecule has 4 rings (SSSR count). The van der Waals surface area contributed by atoms with Crippen molar-refractivity contribution in [3.8, 4) is 0 Å². The van der Waals surface area contributed by atoms with E-state index in [-0.39, 0.29) is 41.3 Å². The van der Waals surface area contributed by atoms with E-state index in [1.54, 1.807) is 4.90 Å². The molecule has 3 aliphatic rings. The number of aromatic nitrogens is 2. The number of nitrogens with zero attached hydrogens (tertiary/aromatic N) is 3. The standard InChI is InChI=1S/C35H53N7O6/c1-6-11-25(30(43)34(47)38-21(5)7-2)39-33(46)29-24-15-10-14-23(24)19-42(29)35(48)27(20(3)4)40-32(45)28(22-12-8-9-13-22)41-31(44)26-18-36-16-17-37-26/h16-18,20-25,27-29H,6-15,19H2,1-5H3,(H,38,47)(H,39,46)(H,40,45)(H,41,44)/t21-,23-,24-,25-,27-,28-,29-/m0/s1. The summed E-state index contributed by atoms with van der Waals surface area (Å²) in [6.45, 7) is 9.64. The van der Waals surface area contributed by atoms with Gasteiger partial charge in [0.1, 0.15) is 23.8 Å². The summed E-state index contributed by atoms with van der Waals surface area (Å²) in [5.41, 5.74) is 0.0967. The van der Waals surface area contributed by atoms with E-state index < -0.39 is 53.6 Å². The summed E-state index contributed by atoms with van der Waals surface area (Å²) in [5.74, 6) is -3.58. The zero-order valence-corrected chi connectivity index (χ0v) is 29.0. The van der Waals surface area contributed by atoms with Crippen LogP contribution in [0, 0.1) is 23.7 Å². The quantitative estimate of drug-likeness (QED) is 0.206. The maximum Gasteiger partial charge on any atom is 0.289 e. The Hall–Kier alpha value is -3.90. The van der Waals surface area contributed by atoms with Crippen molar-refractivity contribution in [2.45, 2.75) is 129 Å². The fourth-order valence-electron chi connectivity index (χ4n) is 7.49. The summed E-state index contributed by atoms with van der Waals surface area (Å²) < 4.78 is 0. The van der Waals surface area contributed by atoms with Gasteiger partial charge in [-0.05, 0) is 69.1 Å². The highest BCUT2D eigenvalue weighted by Crippen LogP contribution is 2.43. The number of Topliss-reactive ketones (excluding diaryl/α,β-unsaturated/α-hetero) is 1. The Morgan fingerprint density at radius 2 is 1.62 bits per heavy atom. The van der Waals surface area contributed by atoms with Gasteiger partial charge in [-0.3, -0.25) is 33.8 Å². The van der Waals surface area contributed by atoms with Crippen LogP contribution in [0.4, 0.5) is 0 Å². The van der Waals surface area contributed by atoms with E-state index in [9.17, 15) is 28.8 Å². The van der Waals surface area contributed by atoms with E-state index in [0.717, 1.165) is 44.9 Å². The molecule has 5 amide bonds. The Morgan fingerprint density at radius 3 is 2.25 bits per heavy atom. The lowest BCUT2D eigenvalue weighted by molar-refractivity contribution is -0.145. The van der Waals surface area contributed by atoms with Crippen molar-refractivity contribution in [3.63, 3.8) is 0 Å². The van der Waals surface area contributed by atoms with Crippen LogP contribution < -0.4 is 21.3 Å². The fourth-order valence-corrected chi connectivity index (χ4v) is 7.49. The third-order valence-corrected chi connectivity index (χ3v) is 10.3. The van der Waals surface area contributed by atoms with Gasteiger partial charge in [0.05, 0.1) is 12.2 Å². The molecule has 2 saturated carbocycles. The Labute approximate surface area is 283 Å². The molecular formula is C35H53N7O6. The minimum Gasteiger partial charge on any atom is -0.347 e. The second kappa shape index (κ2) is 17.0. The summed E-state index contributed by atoms with van der Waals surface area (Å²) in [6.07, 6.45) is 11.7. The van der Waals surface area contributed by atoms with Crippen LogP contribution in [0.1, 0.15) is 109 Å². The lowest BCUT2D eigenvalue weighted by atomic mass is 9.92. The molecule has 2 aliphatic carbocycles. The largest absolute Gasteiger partial charge is 0.347 e. The number of carbonyl (C=O) groups is 6. The third-order valence-electron chi connectivity index (χ3n) is 10.3. The maximum atomic E-state index is 14.4. The molecule has 7 atom stereocenters. The molecule has 1 aliphatic heterocycles. The molecular weight excluding hydrogens is 614 g/mol. The lowest BCUT2D eigenvalue weighted by Gasteiger charge is -2.34. The van der Waals surface area contributed by atoms with Crippen molar-refractivity contribution in [1.29, 1.82) is 0 Å². The van der Waals surface area contributed by atoms with Crippen LogP contribution in [-0.2, 0) is 24.0 Å². The number of fused-ring (bicyclic) bond motifs is 1. The first kappa shape index (κ1) is 36.9. The molecule has 264 valence electrons. The highest BCUT2D eigenvalue weighted by Gasteiger charge is 2.51. The summed E-state index contributed by atoms with van der Waals surface area (Å²) in [6, 6.07) is -3.82. The molecule has 1 aromatic rings. The van der Waals surface area contributed by atoms with Crippen LogP contribution in [0.3, 0.4) is 0 Å². The lowest BCUT2D eigenvalue weighted by Crippen LogP contribution is -2.60. The predicted molar refractivity (Wildman–Crippen MR) is 178 cm³/mol. The second-order valence-electron chi connectivity index (χ2n) is 14.1. The molecule has 0 unspecified atom stereocenters. The topological polar surface area (TPSA) is 180 Å². The number of rotatable bonds is 15.